The van der Waals surface area contributed by atoms with Gasteiger partial charge in [0.15, 0.2) is 5.76 Å². The second-order valence-corrected chi connectivity index (χ2v) is 4.53. The lowest BCUT2D eigenvalue weighted by atomic mass is 10.1. The van der Waals surface area contributed by atoms with Crippen molar-refractivity contribution in [2.24, 2.45) is 0 Å². The highest BCUT2D eigenvalue weighted by Gasteiger charge is 2.19. The third-order valence-electron chi connectivity index (χ3n) is 2.38. The number of hydrogen-bond donors (Lipinski definition) is 1. The van der Waals surface area contributed by atoms with Gasteiger partial charge in [-0.1, -0.05) is 41.6 Å². The molecule has 0 aliphatic carbocycles. The molecule has 1 aromatic carbocycles. The zero-order valence-corrected chi connectivity index (χ0v) is 10.5. The summed E-state index contributed by atoms with van der Waals surface area (Å²) in [5.74, 6) is 0.478. The van der Waals surface area contributed by atoms with Gasteiger partial charge in [0.1, 0.15) is 4.91 Å². The number of carbonyl (C=O) groups excluding carboxylic acids is 1. The molecule has 3 nitrogen and oxygen atoms in total. The fourth-order valence-electron chi connectivity index (χ4n) is 1.47. The zero-order valence-electron chi connectivity index (χ0n) is 9.69. The van der Waals surface area contributed by atoms with Gasteiger partial charge in [-0.25, -0.2) is 0 Å². The number of ether oxygens (including phenoxy) is 1. The number of hydrogen-bond acceptors (Lipinski definition) is 3. The van der Waals surface area contributed by atoms with Gasteiger partial charge in [-0.05, 0) is 6.92 Å². The number of nitrogens with one attached hydrogen (secondary N) is 1. The summed E-state index contributed by atoms with van der Waals surface area (Å²) in [4.78, 5) is 12.3. The van der Waals surface area contributed by atoms with Gasteiger partial charge in [0.2, 0.25) is 0 Å². The standard InChI is InChI=1S/C13H13NO2S/c1-9-3-5-10(6-4-9)11-12(13(15)14-2)17-8-7-16-11/h3-8H,1-2H3,(H,14,15). The van der Waals surface area contributed by atoms with Crippen molar-refractivity contribution >= 4 is 23.4 Å². The van der Waals surface area contributed by atoms with Crippen molar-refractivity contribution in [3.63, 3.8) is 0 Å². The number of aryl methyl sites for hydroxylation is 1. The number of rotatable bonds is 2. The lowest BCUT2D eigenvalue weighted by Gasteiger charge is -2.15. The van der Waals surface area contributed by atoms with E-state index in [1.165, 1.54) is 17.3 Å². The SMILES string of the molecule is CNC(=O)C1=C(c2ccc(C)cc2)OC=CS1. The van der Waals surface area contributed by atoms with Crippen LogP contribution in [-0.2, 0) is 9.53 Å². The summed E-state index contributed by atoms with van der Waals surface area (Å²) in [7, 11) is 1.61. The van der Waals surface area contributed by atoms with E-state index in [1.807, 2.05) is 31.2 Å². The number of amides is 1. The van der Waals surface area contributed by atoms with E-state index in [2.05, 4.69) is 5.32 Å². The minimum atomic E-state index is -0.130. The van der Waals surface area contributed by atoms with Crippen LogP contribution in [0.3, 0.4) is 0 Å². The maximum Gasteiger partial charge on any atom is 0.261 e. The fraction of sp³-hybridized carbons (Fsp3) is 0.154. The van der Waals surface area contributed by atoms with Crippen LogP contribution in [0, 0.1) is 6.92 Å². The molecule has 4 heteroatoms. The molecule has 0 bridgehead atoms. The fourth-order valence-corrected chi connectivity index (χ4v) is 2.20. The van der Waals surface area contributed by atoms with Gasteiger partial charge < -0.3 is 10.1 Å². The van der Waals surface area contributed by atoms with Crippen LogP contribution in [0.4, 0.5) is 0 Å². The van der Waals surface area contributed by atoms with Crippen LogP contribution in [0.15, 0.2) is 40.8 Å². The summed E-state index contributed by atoms with van der Waals surface area (Å²) in [5, 5.41) is 4.37. The molecule has 1 aliphatic heterocycles. The summed E-state index contributed by atoms with van der Waals surface area (Å²) in [5.41, 5.74) is 2.08. The Balaban J connectivity index is 2.42. The molecule has 1 heterocycles. The van der Waals surface area contributed by atoms with Crippen molar-refractivity contribution in [3.05, 3.63) is 52.0 Å². The first-order valence-electron chi connectivity index (χ1n) is 5.24. The molecule has 88 valence electrons. The van der Waals surface area contributed by atoms with Crippen LogP contribution < -0.4 is 5.32 Å². The molecule has 1 aromatic rings. The second-order valence-electron chi connectivity index (χ2n) is 3.61. The molecule has 0 fully saturated rings. The first kappa shape index (κ1) is 11.8. The Morgan fingerprint density at radius 1 is 1.29 bits per heavy atom. The molecule has 0 radical (unpaired) electrons. The predicted molar refractivity (Wildman–Crippen MR) is 70.0 cm³/mol. The lowest BCUT2D eigenvalue weighted by Crippen LogP contribution is -2.20. The Kier molecular flexibility index (Phi) is 3.54. The van der Waals surface area contributed by atoms with Gasteiger partial charge in [0, 0.05) is 18.0 Å². The van der Waals surface area contributed by atoms with Crippen LogP contribution >= 0.6 is 11.8 Å². The summed E-state index contributed by atoms with van der Waals surface area (Å²) >= 11 is 1.37. The first-order chi connectivity index (χ1) is 8.22. The van der Waals surface area contributed by atoms with Gasteiger partial charge in [-0.15, -0.1) is 0 Å². The number of carbonyl (C=O) groups is 1. The van der Waals surface area contributed by atoms with E-state index < -0.39 is 0 Å². The van der Waals surface area contributed by atoms with E-state index in [4.69, 9.17) is 4.74 Å². The highest BCUT2D eigenvalue weighted by molar-refractivity contribution is 8.06. The highest BCUT2D eigenvalue weighted by atomic mass is 32.2. The number of likely N-dealkylation sites (N-methyl/N-ethyl adjacent to an activating group) is 1. The van der Waals surface area contributed by atoms with E-state index >= 15 is 0 Å². The molecule has 0 saturated heterocycles. The van der Waals surface area contributed by atoms with Gasteiger partial charge in [-0.2, -0.15) is 0 Å². The molecule has 0 saturated carbocycles. The third kappa shape index (κ3) is 2.53. The quantitative estimate of drug-likeness (QED) is 0.873. The molecule has 0 spiro atoms. The molecule has 2 rings (SSSR count). The minimum Gasteiger partial charge on any atom is -0.462 e. The second kappa shape index (κ2) is 5.10. The van der Waals surface area contributed by atoms with Crippen LogP contribution in [0.5, 0.6) is 0 Å². The summed E-state index contributed by atoms with van der Waals surface area (Å²) in [6.45, 7) is 2.02. The zero-order chi connectivity index (χ0) is 12.3. The van der Waals surface area contributed by atoms with Crippen molar-refractivity contribution in [1.82, 2.24) is 5.32 Å². The molecular formula is C13H13NO2S. The van der Waals surface area contributed by atoms with Gasteiger partial charge in [0.25, 0.3) is 5.91 Å². The molecule has 0 atom stereocenters. The van der Waals surface area contributed by atoms with Crippen molar-refractivity contribution in [2.75, 3.05) is 7.05 Å². The van der Waals surface area contributed by atoms with Crippen molar-refractivity contribution in [3.8, 4) is 0 Å². The van der Waals surface area contributed by atoms with Crippen LogP contribution in [0.2, 0.25) is 0 Å². The van der Waals surface area contributed by atoms with Crippen molar-refractivity contribution < 1.29 is 9.53 Å². The molecule has 1 amide bonds. The normalized spacial score (nSPS) is 14.5. The Bertz CT molecular complexity index is 489. The molecule has 1 aliphatic rings. The largest absolute Gasteiger partial charge is 0.462 e. The van der Waals surface area contributed by atoms with Gasteiger partial charge in [-0.3, -0.25) is 4.79 Å². The number of thioether (sulfide) groups is 1. The van der Waals surface area contributed by atoms with E-state index in [0.717, 1.165) is 5.56 Å². The first-order valence-corrected chi connectivity index (χ1v) is 6.12. The Morgan fingerprint density at radius 2 is 2.00 bits per heavy atom. The van der Waals surface area contributed by atoms with E-state index in [1.54, 1.807) is 18.7 Å². The predicted octanol–water partition coefficient (Wildman–Crippen LogP) is 2.64. The monoisotopic (exact) mass is 247 g/mol. The Labute approximate surface area is 105 Å². The van der Waals surface area contributed by atoms with Gasteiger partial charge in [0.05, 0.1) is 6.26 Å². The molecular weight excluding hydrogens is 234 g/mol. The van der Waals surface area contributed by atoms with Crippen LogP contribution in [-0.4, -0.2) is 13.0 Å². The highest BCUT2D eigenvalue weighted by Crippen LogP contribution is 2.33. The topological polar surface area (TPSA) is 38.3 Å². The van der Waals surface area contributed by atoms with Crippen LogP contribution in [0.1, 0.15) is 11.1 Å². The van der Waals surface area contributed by atoms with Gasteiger partial charge >= 0.3 is 0 Å². The van der Waals surface area contributed by atoms with Crippen LogP contribution in [0.25, 0.3) is 5.76 Å². The molecule has 0 unspecified atom stereocenters. The molecule has 17 heavy (non-hydrogen) atoms. The maximum absolute atomic E-state index is 11.7. The summed E-state index contributed by atoms with van der Waals surface area (Å²) < 4.78 is 5.46. The maximum atomic E-state index is 11.7. The number of benzene rings is 1. The lowest BCUT2D eigenvalue weighted by molar-refractivity contribution is -0.116. The smallest absolute Gasteiger partial charge is 0.261 e. The van der Waals surface area contributed by atoms with E-state index in [0.29, 0.717) is 10.7 Å². The summed E-state index contributed by atoms with van der Waals surface area (Å²) in [6, 6.07) is 7.90. The Hall–Kier alpha value is -1.68. The third-order valence-corrected chi connectivity index (χ3v) is 3.23. The van der Waals surface area contributed by atoms with Crippen molar-refractivity contribution in [1.29, 1.82) is 0 Å². The molecule has 1 N–H and O–H groups in total. The Morgan fingerprint density at radius 3 is 2.65 bits per heavy atom. The average molecular weight is 247 g/mol. The van der Waals surface area contributed by atoms with E-state index in [9.17, 15) is 4.79 Å². The minimum absolute atomic E-state index is 0.130. The van der Waals surface area contributed by atoms with Crippen molar-refractivity contribution in [2.45, 2.75) is 6.92 Å². The van der Waals surface area contributed by atoms with E-state index in [-0.39, 0.29) is 5.91 Å². The average Bonchev–Trinajstić information content (AvgIpc) is 2.39. The molecule has 0 aromatic heterocycles. The summed E-state index contributed by atoms with van der Waals surface area (Å²) in [6.07, 6.45) is 1.59.